The van der Waals surface area contributed by atoms with Gasteiger partial charge in [-0.25, -0.2) is 9.97 Å². The molecule has 26 heavy (non-hydrogen) atoms. The molecule has 4 nitrogen and oxygen atoms in total. The molecule has 0 atom stereocenters. The quantitative estimate of drug-likeness (QED) is 0.560. The van der Waals surface area contributed by atoms with Gasteiger partial charge in [0, 0.05) is 38.0 Å². The second kappa shape index (κ2) is 8.33. The molecule has 2 heterocycles. The summed E-state index contributed by atoms with van der Waals surface area (Å²) >= 11 is 6.30. The number of halogens is 4. The van der Waals surface area contributed by atoms with E-state index in [0.29, 0.717) is 17.5 Å². The van der Waals surface area contributed by atoms with Crippen LogP contribution in [0.2, 0.25) is 5.15 Å². The van der Waals surface area contributed by atoms with Crippen LogP contribution in [0.5, 0.6) is 0 Å². The first-order chi connectivity index (χ1) is 12.4. The van der Waals surface area contributed by atoms with Crippen molar-refractivity contribution in [2.24, 2.45) is 0 Å². The van der Waals surface area contributed by atoms with Gasteiger partial charge in [0.1, 0.15) is 17.6 Å². The number of ether oxygens (including phenoxy) is 1. The fraction of sp³-hybridized carbons (Fsp3) is 0.444. The average Bonchev–Trinajstić information content (AvgIpc) is 2.59. The standard InChI is InChI=1S/C18H19ClF3N3O/c19-17-14-11-25(10-13-4-2-1-3-5-13)8-6-15(14)23-16(24-17)7-9-26-12-18(20,21)22/h1-5H,6-12H2. The molecule has 0 radical (unpaired) electrons. The van der Waals surface area contributed by atoms with Gasteiger partial charge in [0.25, 0.3) is 0 Å². The fourth-order valence-corrected chi connectivity index (χ4v) is 3.18. The summed E-state index contributed by atoms with van der Waals surface area (Å²) < 4.78 is 40.9. The highest BCUT2D eigenvalue weighted by molar-refractivity contribution is 6.30. The lowest BCUT2D eigenvalue weighted by Gasteiger charge is -2.28. The minimum Gasteiger partial charge on any atom is -0.372 e. The topological polar surface area (TPSA) is 38.3 Å². The summed E-state index contributed by atoms with van der Waals surface area (Å²) in [4.78, 5) is 11.0. The molecule has 0 bridgehead atoms. The van der Waals surface area contributed by atoms with Crippen molar-refractivity contribution in [3.8, 4) is 0 Å². The highest BCUT2D eigenvalue weighted by Gasteiger charge is 2.27. The van der Waals surface area contributed by atoms with E-state index in [0.717, 1.165) is 30.8 Å². The minimum atomic E-state index is -4.32. The molecule has 0 amide bonds. The lowest BCUT2D eigenvalue weighted by molar-refractivity contribution is -0.173. The number of hydrogen-bond acceptors (Lipinski definition) is 4. The lowest BCUT2D eigenvalue weighted by atomic mass is 10.1. The monoisotopic (exact) mass is 385 g/mol. The molecule has 0 fully saturated rings. The van der Waals surface area contributed by atoms with Gasteiger partial charge < -0.3 is 4.74 Å². The van der Waals surface area contributed by atoms with E-state index in [2.05, 4.69) is 31.7 Å². The Labute approximate surface area is 155 Å². The van der Waals surface area contributed by atoms with Crippen LogP contribution in [0, 0.1) is 0 Å². The first-order valence-corrected chi connectivity index (χ1v) is 8.73. The van der Waals surface area contributed by atoms with E-state index in [1.165, 1.54) is 5.56 Å². The Bertz CT molecular complexity index is 740. The largest absolute Gasteiger partial charge is 0.411 e. The maximum absolute atomic E-state index is 12.1. The fourth-order valence-electron chi connectivity index (χ4n) is 2.92. The van der Waals surface area contributed by atoms with Crippen LogP contribution in [0.1, 0.15) is 22.6 Å². The van der Waals surface area contributed by atoms with Crippen LogP contribution in [0.3, 0.4) is 0 Å². The normalized spacial score (nSPS) is 15.1. The molecule has 0 unspecified atom stereocenters. The van der Waals surface area contributed by atoms with Crippen molar-refractivity contribution in [2.45, 2.75) is 32.1 Å². The Morgan fingerprint density at radius 1 is 1.15 bits per heavy atom. The van der Waals surface area contributed by atoms with Crippen LogP contribution in [-0.2, 0) is 30.7 Å². The van der Waals surface area contributed by atoms with E-state index in [4.69, 9.17) is 11.6 Å². The molecule has 1 aromatic heterocycles. The van der Waals surface area contributed by atoms with Gasteiger partial charge in [0.2, 0.25) is 0 Å². The van der Waals surface area contributed by atoms with Gasteiger partial charge in [-0.15, -0.1) is 0 Å². The summed E-state index contributed by atoms with van der Waals surface area (Å²) in [7, 11) is 0. The van der Waals surface area contributed by atoms with Crippen molar-refractivity contribution in [3.05, 3.63) is 58.1 Å². The van der Waals surface area contributed by atoms with Crippen molar-refractivity contribution in [2.75, 3.05) is 19.8 Å². The summed E-state index contributed by atoms with van der Waals surface area (Å²) in [6.07, 6.45) is -3.38. The SMILES string of the molecule is FC(F)(F)COCCc1nc(Cl)c2c(n1)CCN(Cc1ccccc1)C2. The second-order valence-corrected chi connectivity index (χ2v) is 6.58. The van der Waals surface area contributed by atoms with Crippen LogP contribution in [0.15, 0.2) is 30.3 Å². The molecular formula is C18H19ClF3N3O. The van der Waals surface area contributed by atoms with Crippen molar-refractivity contribution in [1.82, 2.24) is 14.9 Å². The maximum atomic E-state index is 12.1. The van der Waals surface area contributed by atoms with E-state index in [9.17, 15) is 13.2 Å². The predicted molar refractivity (Wildman–Crippen MR) is 91.9 cm³/mol. The van der Waals surface area contributed by atoms with Gasteiger partial charge in [-0.2, -0.15) is 13.2 Å². The molecule has 140 valence electrons. The zero-order valence-corrected chi connectivity index (χ0v) is 14.9. The summed E-state index contributed by atoms with van der Waals surface area (Å²) in [5.74, 6) is 0.424. The van der Waals surface area contributed by atoms with Crippen LogP contribution < -0.4 is 0 Å². The molecule has 1 aromatic carbocycles. The number of fused-ring (bicyclic) bond motifs is 1. The minimum absolute atomic E-state index is 0.0885. The highest BCUT2D eigenvalue weighted by Crippen LogP contribution is 2.25. The van der Waals surface area contributed by atoms with Crippen molar-refractivity contribution < 1.29 is 17.9 Å². The third-order valence-corrected chi connectivity index (χ3v) is 4.43. The molecule has 1 aliphatic rings. The molecular weight excluding hydrogens is 367 g/mol. The summed E-state index contributed by atoms with van der Waals surface area (Å²) in [5.41, 5.74) is 3.00. The van der Waals surface area contributed by atoms with Crippen LogP contribution >= 0.6 is 11.6 Å². The third-order valence-electron chi connectivity index (χ3n) is 4.12. The van der Waals surface area contributed by atoms with Crippen LogP contribution in [-0.4, -0.2) is 40.8 Å². The number of hydrogen-bond donors (Lipinski definition) is 0. The summed E-state index contributed by atoms with van der Waals surface area (Å²) in [5, 5.41) is 0.374. The Kier molecular flexibility index (Phi) is 6.11. The number of aromatic nitrogens is 2. The highest BCUT2D eigenvalue weighted by atomic mass is 35.5. The Balaban J connectivity index is 1.59. The molecule has 3 rings (SSSR count). The first-order valence-electron chi connectivity index (χ1n) is 8.35. The average molecular weight is 386 g/mol. The van der Waals surface area contributed by atoms with E-state index < -0.39 is 12.8 Å². The molecule has 0 N–H and O–H groups in total. The zero-order valence-electron chi connectivity index (χ0n) is 14.1. The number of alkyl halides is 3. The van der Waals surface area contributed by atoms with Gasteiger partial charge >= 0.3 is 6.18 Å². The Morgan fingerprint density at radius 3 is 2.65 bits per heavy atom. The third kappa shape index (κ3) is 5.40. The molecule has 1 aliphatic heterocycles. The van der Waals surface area contributed by atoms with Gasteiger partial charge in [-0.05, 0) is 5.56 Å². The van der Waals surface area contributed by atoms with Gasteiger partial charge in [-0.1, -0.05) is 41.9 Å². The van der Waals surface area contributed by atoms with Crippen LogP contribution in [0.25, 0.3) is 0 Å². The number of rotatable bonds is 6. The van der Waals surface area contributed by atoms with Crippen molar-refractivity contribution >= 4 is 11.6 Å². The molecule has 8 heteroatoms. The number of nitrogens with zero attached hydrogens (tertiary/aromatic N) is 3. The maximum Gasteiger partial charge on any atom is 0.411 e. The van der Waals surface area contributed by atoms with E-state index in [1.807, 2.05) is 18.2 Å². The van der Waals surface area contributed by atoms with Crippen molar-refractivity contribution in [3.63, 3.8) is 0 Å². The predicted octanol–water partition coefficient (Wildman–Crippen LogP) is 3.81. The number of benzene rings is 1. The molecule has 0 spiro atoms. The molecule has 2 aromatic rings. The van der Waals surface area contributed by atoms with E-state index in [-0.39, 0.29) is 13.0 Å². The van der Waals surface area contributed by atoms with E-state index in [1.54, 1.807) is 0 Å². The Morgan fingerprint density at radius 2 is 1.92 bits per heavy atom. The smallest absolute Gasteiger partial charge is 0.372 e. The summed E-state index contributed by atoms with van der Waals surface area (Å²) in [6.45, 7) is 0.978. The second-order valence-electron chi connectivity index (χ2n) is 6.22. The summed E-state index contributed by atoms with van der Waals surface area (Å²) in [6, 6.07) is 10.2. The van der Waals surface area contributed by atoms with E-state index >= 15 is 0 Å². The van der Waals surface area contributed by atoms with Gasteiger partial charge in [0.15, 0.2) is 0 Å². The van der Waals surface area contributed by atoms with Gasteiger partial charge in [-0.3, -0.25) is 4.90 Å². The lowest BCUT2D eigenvalue weighted by Crippen LogP contribution is -2.31. The van der Waals surface area contributed by atoms with Gasteiger partial charge in [0.05, 0.1) is 12.3 Å². The van der Waals surface area contributed by atoms with Crippen LogP contribution in [0.4, 0.5) is 13.2 Å². The first kappa shape index (κ1) is 19.1. The van der Waals surface area contributed by atoms with Crippen molar-refractivity contribution in [1.29, 1.82) is 0 Å². The molecule has 0 saturated heterocycles. The molecule has 0 aliphatic carbocycles. The zero-order chi connectivity index (χ0) is 18.6. The molecule has 0 saturated carbocycles. The Hall–Kier alpha value is -1.70.